The molecule has 0 N–H and O–H groups in total. The molecule has 0 radical (unpaired) electrons. The summed E-state index contributed by atoms with van der Waals surface area (Å²) in [6.45, 7) is 0.720. The first-order chi connectivity index (χ1) is 10.5. The number of nitrogens with zero attached hydrogens (tertiary/aromatic N) is 3. The predicted molar refractivity (Wildman–Crippen MR) is 88.7 cm³/mol. The molecule has 2 aromatic rings. The zero-order valence-electron chi connectivity index (χ0n) is 12.0. The lowest BCUT2D eigenvalue weighted by atomic mass is 9.81. The maximum absolute atomic E-state index is 6.38. The van der Waals surface area contributed by atoms with E-state index in [4.69, 9.17) is 34.8 Å². The molecule has 114 valence electrons. The molecule has 22 heavy (non-hydrogen) atoms. The molecule has 0 saturated carbocycles. The van der Waals surface area contributed by atoms with Gasteiger partial charge in [-0.25, -0.2) is 9.97 Å². The van der Waals surface area contributed by atoms with Gasteiger partial charge in [-0.2, -0.15) is 0 Å². The smallest absolute Gasteiger partial charge is 0.224 e. The normalized spacial score (nSPS) is 23.6. The van der Waals surface area contributed by atoms with Crippen LogP contribution in [0.3, 0.4) is 0 Å². The van der Waals surface area contributed by atoms with Crippen molar-refractivity contribution in [3.8, 4) is 0 Å². The summed E-state index contributed by atoms with van der Waals surface area (Å²) in [5, 5.41) is 1.53. The first kappa shape index (κ1) is 14.7. The summed E-state index contributed by atoms with van der Waals surface area (Å²) in [4.78, 5) is 10.8. The minimum Gasteiger partial charge on any atom is -0.292 e. The van der Waals surface area contributed by atoms with Crippen LogP contribution in [0.1, 0.15) is 28.8 Å². The van der Waals surface area contributed by atoms with E-state index in [-0.39, 0.29) is 10.8 Å². The number of likely N-dealkylation sites (N-methyl/N-ethyl adjacent to an activating group) is 1. The lowest BCUT2D eigenvalue weighted by Crippen LogP contribution is -2.47. The molecule has 3 nitrogen and oxygen atoms in total. The Kier molecular flexibility index (Phi) is 3.39. The average Bonchev–Trinajstić information content (AvgIpc) is 2.83. The number of rotatable bonds is 0. The zero-order chi connectivity index (χ0) is 15.5. The second kappa shape index (κ2) is 5.07. The van der Waals surface area contributed by atoms with Crippen molar-refractivity contribution in [3.63, 3.8) is 0 Å². The highest BCUT2D eigenvalue weighted by atomic mass is 35.5. The number of hydrogen-bond donors (Lipinski definition) is 0. The Balaban J connectivity index is 1.87. The van der Waals surface area contributed by atoms with E-state index in [1.54, 1.807) is 0 Å². The number of benzene rings is 1. The van der Waals surface area contributed by atoms with Crippen molar-refractivity contribution >= 4 is 34.8 Å². The van der Waals surface area contributed by atoms with E-state index >= 15 is 0 Å². The fourth-order valence-corrected chi connectivity index (χ4v) is 4.62. The molecular formula is C16H14Cl3N3. The number of halogens is 3. The number of hydrogen-bond acceptors (Lipinski definition) is 3. The molecule has 0 bridgehead atoms. The second-order valence-electron chi connectivity index (χ2n) is 6.04. The first-order valence-corrected chi connectivity index (χ1v) is 8.34. The van der Waals surface area contributed by atoms with E-state index in [9.17, 15) is 0 Å². The lowest BCUT2D eigenvalue weighted by Gasteiger charge is -2.44. The van der Waals surface area contributed by atoms with Gasteiger partial charge in [0.15, 0.2) is 0 Å². The summed E-state index contributed by atoms with van der Waals surface area (Å²) in [6.07, 6.45) is 2.80. The molecule has 0 amide bonds. The molecule has 0 saturated heterocycles. The molecule has 6 heteroatoms. The topological polar surface area (TPSA) is 29.0 Å². The standard InChI is InChI=1S/C16H14Cl3N3/c1-22-8-10-13(20-15(19)21-14(10)18)7-16(22)6-5-9-11(16)3-2-4-12(9)17/h2-4H,5-8H2,1H3/t16-/m0/s1. The van der Waals surface area contributed by atoms with Gasteiger partial charge in [-0.15, -0.1) is 0 Å². The molecule has 4 rings (SSSR count). The highest BCUT2D eigenvalue weighted by Crippen LogP contribution is 2.48. The van der Waals surface area contributed by atoms with Crippen molar-refractivity contribution in [2.45, 2.75) is 31.3 Å². The van der Waals surface area contributed by atoms with E-state index in [1.807, 2.05) is 12.1 Å². The molecule has 1 aliphatic carbocycles. The summed E-state index contributed by atoms with van der Waals surface area (Å²) in [7, 11) is 2.13. The van der Waals surface area contributed by atoms with Crippen molar-refractivity contribution in [3.05, 3.63) is 56.0 Å². The predicted octanol–water partition coefficient (Wildman–Crippen LogP) is 4.27. The molecule has 0 unspecified atom stereocenters. The molecule has 0 fully saturated rings. The highest BCUT2D eigenvalue weighted by Gasteiger charge is 2.46. The van der Waals surface area contributed by atoms with Crippen LogP contribution in [0.5, 0.6) is 0 Å². The fraction of sp³-hybridized carbons (Fsp3) is 0.375. The van der Waals surface area contributed by atoms with Crippen LogP contribution in [-0.2, 0) is 24.9 Å². The van der Waals surface area contributed by atoms with Gasteiger partial charge >= 0.3 is 0 Å². The Hall–Kier alpha value is -0.870. The Morgan fingerprint density at radius 2 is 1.95 bits per heavy atom. The minimum atomic E-state index is -0.0752. The van der Waals surface area contributed by atoms with Gasteiger partial charge in [-0.3, -0.25) is 4.90 Å². The van der Waals surface area contributed by atoms with Crippen molar-refractivity contribution in [2.75, 3.05) is 7.05 Å². The summed E-state index contributed by atoms with van der Waals surface area (Å²) < 4.78 is 0. The lowest BCUT2D eigenvalue weighted by molar-refractivity contribution is 0.0930. The number of aromatic nitrogens is 2. The Bertz CT molecular complexity index is 777. The third kappa shape index (κ3) is 2.00. The zero-order valence-corrected chi connectivity index (χ0v) is 14.3. The van der Waals surface area contributed by atoms with E-state index in [0.29, 0.717) is 5.15 Å². The average molecular weight is 355 g/mol. The van der Waals surface area contributed by atoms with Crippen molar-refractivity contribution in [1.82, 2.24) is 14.9 Å². The van der Waals surface area contributed by atoms with Crippen molar-refractivity contribution in [1.29, 1.82) is 0 Å². The Morgan fingerprint density at radius 1 is 1.14 bits per heavy atom. The SMILES string of the molecule is CN1Cc2c(Cl)nc(Cl)nc2C[C@]12CCc1c(Cl)cccc12. The molecule has 1 aromatic carbocycles. The van der Waals surface area contributed by atoms with E-state index in [0.717, 1.165) is 42.1 Å². The molecule has 1 aromatic heterocycles. The van der Waals surface area contributed by atoms with Gasteiger partial charge in [0.05, 0.1) is 11.2 Å². The summed E-state index contributed by atoms with van der Waals surface area (Å²) in [6, 6.07) is 6.17. The maximum Gasteiger partial charge on any atom is 0.224 e. The van der Waals surface area contributed by atoms with Crippen molar-refractivity contribution in [2.24, 2.45) is 0 Å². The Morgan fingerprint density at radius 3 is 2.77 bits per heavy atom. The molecular weight excluding hydrogens is 341 g/mol. The summed E-state index contributed by atoms with van der Waals surface area (Å²) in [5.41, 5.74) is 4.42. The van der Waals surface area contributed by atoms with Crippen LogP contribution >= 0.6 is 34.8 Å². The van der Waals surface area contributed by atoms with Gasteiger partial charge in [-0.05, 0) is 48.7 Å². The van der Waals surface area contributed by atoms with Crippen LogP contribution in [0.4, 0.5) is 0 Å². The van der Waals surface area contributed by atoms with Gasteiger partial charge in [0.25, 0.3) is 0 Å². The van der Waals surface area contributed by atoms with Crippen LogP contribution in [0.2, 0.25) is 15.5 Å². The maximum atomic E-state index is 6.38. The van der Waals surface area contributed by atoms with Crippen molar-refractivity contribution < 1.29 is 0 Å². The van der Waals surface area contributed by atoms with Gasteiger partial charge in [0, 0.05) is 23.6 Å². The van der Waals surface area contributed by atoms with Gasteiger partial charge < -0.3 is 0 Å². The summed E-state index contributed by atoms with van der Waals surface area (Å²) in [5.74, 6) is 0. The fourth-order valence-electron chi connectivity index (χ4n) is 3.87. The van der Waals surface area contributed by atoms with E-state index < -0.39 is 0 Å². The molecule has 1 atom stereocenters. The monoisotopic (exact) mass is 353 g/mol. The van der Waals surface area contributed by atoms with Gasteiger partial charge in [0.2, 0.25) is 5.28 Å². The van der Waals surface area contributed by atoms with Crippen LogP contribution in [-0.4, -0.2) is 21.9 Å². The molecule has 1 spiro atoms. The minimum absolute atomic E-state index is 0.0752. The molecule has 2 heterocycles. The van der Waals surface area contributed by atoms with E-state index in [2.05, 4.69) is 28.0 Å². The molecule has 2 aliphatic rings. The quantitative estimate of drug-likeness (QED) is 0.523. The molecule has 1 aliphatic heterocycles. The Labute approximate surface area is 144 Å². The summed E-state index contributed by atoms with van der Waals surface area (Å²) >= 11 is 18.6. The van der Waals surface area contributed by atoms with Gasteiger partial charge in [0.1, 0.15) is 5.15 Å². The van der Waals surface area contributed by atoms with Gasteiger partial charge in [-0.1, -0.05) is 35.3 Å². The second-order valence-corrected chi connectivity index (χ2v) is 7.14. The first-order valence-electron chi connectivity index (χ1n) is 7.21. The number of fused-ring (bicyclic) bond motifs is 3. The van der Waals surface area contributed by atoms with Crippen LogP contribution in [0.25, 0.3) is 0 Å². The largest absolute Gasteiger partial charge is 0.292 e. The van der Waals surface area contributed by atoms with Crippen LogP contribution in [0, 0.1) is 0 Å². The van der Waals surface area contributed by atoms with Crippen LogP contribution < -0.4 is 0 Å². The third-order valence-corrected chi connectivity index (χ3v) is 5.85. The highest BCUT2D eigenvalue weighted by molar-refractivity contribution is 6.32. The van der Waals surface area contributed by atoms with Crippen LogP contribution in [0.15, 0.2) is 18.2 Å². The third-order valence-electron chi connectivity index (χ3n) is 5.01. The van der Waals surface area contributed by atoms with E-state index in [1.165, 1.54) is 11.1 Å².